The minimum atomic E-state index is -0.218. The van der Waals surface area contributed by atoms with Crippen molar-refractivity contribution in [1.29, 1.82) is 0 Å². The summed E-state index contributed by atoms with van der Waals surface area (Å²) in [5, 5.41) is 3.75. The van der Waals surface area contributed by atoms with Gasteiger partial charge in [0.05, 0.1) is 11.8 Å². The molecule has 5 nitrogen and oxygen atoms in total. The van der Waals surface area contributed by atoms with E-state index in [-0.39, 0.29) is 23.7 Å². The minimum absolute atomic E-state index is 0.155. The van der Waals surface area contributed by atoms with Gasteiger partial charge in [0.1, 0.15) is 5.76 Å². The predicted octanol–water partition coefficient (Wildman–Crippen LogP) is 1.44. The van der Waals surface area contributed by atoms with Crippen molar-refractivity contribution >= 4 is 17.6 Å². The van der Waals surface area contributed by atoms with E-state index in [1.165, 1.54) is 4.90 Å². The van der Waals surface area contributed by atoms with E-state index in [0.29, 0.717) is 24.4 Å². The van der Waals surface area contributed by atoms with Crippen LogP contribution in [0.15, 0.2) is 22.7 Å². The molecule has 2 heterocycles. The molecule has 1 aliphatic carbocycles. The molecule has 1 aromatic heterocycles. The average molecular weight is 232 g/mol. The molecule has 1 aliphatic heterocycles. The Morgan fingerprint density at radius 2 is 1.82 bits per heavy atom. The minimum Gasteiger partial charge on any atom is -0.360 e. The summed E-state index contributed by atoms with van der Waals surface area (Å²) in [7, 11) is 0. The lowest BCUT2D eigenvalue weighted by molar-refractivity contribution is -0.122. The maximum absolute atomic E-state index is 12.1. The fraction of sp³-hybridized carbons (Fsp3) is 0.417. The standard InChI is InChI=1S/C12H12N2O3/c1-7-6-10(13-17-7)14-11(15)8-4-2-3-5-9(8)12(14)16/h2-3,6,8-9H,4-5H2,1H3/t8-,9-/m1/s1. The van der Waals surface area contributed by atoms with Crippen molar-refractivity contribution in [2.45, 2.75) is 19.8 Å². The Morgan fingerprint density at radius 3 is 2.29 bits per heavy atom. The topological polar surface area (TPSA) is 63.4 Å². The largest absolute Gasteiger partial charge is 0.360 e. The molecule has 2 amide bonds. The molecule has 3 rings (SSSR count). The quantitative estimate of drug-likeness (QED) is 0.543. The summed E-state index contributed by atoms with van der Waals surface area (Å²) in [5.41, 5.74) is 0. The van der Waals surface area contributed by atoms with Gasteiger partial charge in [0.15, 0.2) is 5.82 Å². The number of hydrogen-bond acceptors (Lipinski definition) is 4. The Balaban J connectivity index is 1.97. The molecule has 88 valence electrons. The zero-order chi connectivity index (χ0) is 12.0. The number of aryl methyl sites for hydroxylation is 1. The van der Waals surface area contributed by atoms with Crippen LogP contribution in [0, 0.1) is 18.8 Å². The molecule has 0 unspecified atom stereocenters. The van der Waals surface area contributed by atoms with Crippen molar-refractivity contribution in [2.75, 3.05) is 4.90 Å². The van der Waals surface area contributed by atoms with E-state index >= 15 is 0 Å². The highest BCUT2D eigenvalue weighted by Gasteiger charge is 2.48. The highest BCUT2D eigenvalue weighted by Crippen LogP contribution is 2.37. The highest BCUT2D eigenvalue weighted by molar-refractivity contribution is 6.21. The number of carbonyl (C=O) groups is 2. The number of amides is 2. The van der Waals surface area contributed by atoms with Gasteiger partial charge in [0.25, 0.3) is 0 Å². The molecule has 17 heavy (non-hydrogen) atoms. The molecule has 5 heteroatoms. The third kappa shape index (κ3) is 1.42. The molecule has 0 spiro atoms. The van der Waals surface area contributed by atoms with Gasteiger partial charge < -0.3 is 4.52 Å². The van der Waals surface area contributed by atoms with Crippen LogP contribution in [0.4, 0.5) is 5.82 Å². The number of hydrogen-bond donors (Lipinski definition) is 0. The monoisotopic (exact) mass is 232 g/mol. The van der Waals surface area contributed by atoms with Gasteiger partial charge >= 0.3 is 0 Å². The predicted molar refractivity (Wildman–Crippen MR) is 59.1 cm³/mol. The van der Waals surface area contributed by atoms with Crippen LogP contribution in [0.1, 0.15) is 18.6 Å². The van der Waals surface area contributed by atoms with Gasteiger partial charge in [-0.05, 0) is 19.8 Å². The van der Waals surface area contributed by atoms with Gasteiger partial charge in [0.2, 0.25) is 11.8 Å². The molecular weight excluding hydrogens is 220 g/mol. The van der Waals surface area contributed by atoms with Crippen molar-refractivity contribution in [1.82, 2.24) is 5.16 Å². The van der Waals surface area contributed by atoms with Crippen molar-refractivity contribution in [3.8, 4) is 0 Å². The molecule has 1 fully saturated rings. The Labute approximate surface area is 98.1 Å². The molecule has 2 atom stereocenters. The number of anilines is 1. The molecule has 0 saturated carbocycles. The Bertz CT molecular complexity index is 492. The molecule has 0 aromatic carbocycles. The third-order valence-corrected chi connectivity index (χ3v) is 3.35. The summed E-state index contributed by atoms with van der Waals surface area (Å²) in [4.78, 5) is 25.5. The molecule has 0 bridgehead atoms. The number of nitrogens with zero attached hydrogens (tertiary/aromatic N) is 2. The van der Waals surface area contributed by atoms with Crippen molar-refractivity contribution in [3.63, 3.8) is 0 Å². The first kappa shape index (κ1) is 10.3. The van der Waals surface area contributed by atoms with Crippen LogP contribution in [0.25, 0.3) is 0 Å². The highest BCUT2D eigenvalue weighted by atomic mass is 16.5. The zero-order valence-corrected chi connectivity index (χ0v) is 9.42. The van der Waals surface area contributed by atoms with Crippen LogP contribution in [0.5, 0.6) is 0 Å². The SMILES string of the molecule is Cc1cc(N2C(=O)[C@@H]3CC=CC[C@H]3C2=O)no1. The number of rotatable bonds is 1. The van der Waals surface area contributed by atoms with E-state index in [0.717, 1.165) is 0 Å². The first-order valence-corrected chi connectivity index (χ1v) is 5.64. The average Bonchev–Trinajstić information content (AvgIpc) is 2.84. The van der Waals surface area contributed by atoms with Gasteiger partial charge in [-0.3, -0.25) is 9.59 Å². The number of fused-ring (bicyclic) bond motifs is 1. The van der Waals surface area contributed by atoms with Gasteiger partial charge in [0, 0.05) is 6.07 Å². The third-order valence-electron chi connectivity index (χ3n) is 3.35. The van der Waals surface area contributed by atoms with Gasteiger partial charge in [-0.2, -0.15) is 0 Å². The van der Waals surface area contributed by atoms with E-state index in [9.17, 15) is 9.59 Å². The summed E-state index contributed by atoms with van der Waals surface area (Å²) in [6.45, 7) is 1.73. The van der Waals surface area contributed by atoms with E-state index in [2.05, 4.69) is 5.16 Å². The lowest BCUT2D eigenvalue weighted by Gasteiger charge is -2.14. The number of imide groups is 1. The summed E-state index contributed by atoms with van der Waals surface area (Å²) in [6, 6.07) is 1.61. The Kier molecular flexibility index (Phi) is 2.14. The van der Waals surface area contributed by atoms with Crippen LogP contribution in [0.3, 0.4) is 0 Å². The van der Waals surface area contributed by atoms with Crippen LogP contribution in [0.2, 0.25) is 0 Å². The number of carbonyl (C=O) groups excluding carboxylic acids is 2. The second-order valence-electron chi connectivity index (χ2n) is 4.46. The maximum atomic E-state index is 12.1. The van der Waals surface area contributed by atoms with Crippen LogP contribution in [-0.2, 0) is 9.59 Å². The van der Waals surface area contributed by atoms with Crippen molar-refractivity contribution < 1.29 is 14.1 Å². The first-order valence-electron chi connectivity index (χ1n) is 5.64. The van der Waals surface area contributed by atoms with Crippen LogP contribution in [-0.4, -0.2) is 17.0 Å². The van der Waals surface area contributed by atoms with Gasteiger partial charge in [-0.25, -0.2) is 4.90 Å². The van der Waals surface area contributed by atoms with E-state index < -0.39 is 0 Å². The molecule has 0 radical (unpaired) electrons. The lowest BCUT2D eigenvalue weighted by atomic mass is 9.85. The molecule has 2 aliphatic rings. The van der Waals surface area contributed by atoms with E-state index in [4.69, 9.17) is 4.52 Å². The summed E-state index contributed by atoms with van der Waals surface area (Å²) < 4.78 is 4.92. The molecule has 1 saturated heterocycles. The fourth-order valence-electron chi connectivity index (χ4n) is 2.48. The van der Waals surface area contributed by atoms with Crippen LogP contribution >= 0.6 is 0 Å². The second kappa shape index (κ2) is 3.55. The second-order valence-corrected chi connectivity index (χ2v) is 4.46. The van der Waals surface area contributed by atoms with E-state index in [1.807, 2.05) is 12.2 Å². The Morgan fingerprint density at radius 1 is 1.24 bits per heavy atom. The van der Waals surface area contributed by atoms with Gasteiger partial charge in [-0.1, -0.05) is 17.3 Å². The summed E-state index contributed by atoms with van der Waals surface area (Å²) in [6.07, 6.45) is 5.21. The van der Waals surface area contributed by atoms with Crippen LogP contribution < -0.4 is 4.90 Å². The Hall–Kier alpha value is -1.91. The first-order chi connectivity index (χ1) is 8.18. The maximum Gasteiger partial charge on any atom is 0.239 e. The molecular formula is C12H12N2O3. The normalized spacial score (nSPS) is 27.7. The smallest absolute Gasteiger partial charge is 0.239 e. The number of allylic oxidation sites excluding steroid dienone is 2. The zero-order valence-electron chi connectivity index (χ0n) is 9.42. The molecule has 1 aromatic rings. The molecule has 0 N–H and O–H groups in total. The summed E-state index contributed by atoms with van der Waals surface area (Å²) in [5.74, 6) is 0.157. The number of aromatic nitrogens is 1. The lowest BCUT2D eigenvalue weighted by Crippen LogP contribution is -2.31. The van der Waals surface area contributed by atoms with Crippen molar-refractivity contribution in [2.24, 2.45) is 11.8 Å². The summed E-state index contributed by atoms with van der Waals surface area (Å²) >= 11 is 0. The van der Waals surface area contributed by atoms with Crippen molar-refractivity contribution in [3.05, 3.63) is 24.0 Å². The van der Waals surface area contributed by atoms with E-state index in [1.54, 1.807) is 13.0 Å². The van der Waals surface area contributed by atoms with Gasteiger partial charge in [-0.15, -0.1) is 0 Å². The fourth-order valence-corrected chi connectivity index (χ4v) is 2.48.